The Morgan fingerprint density at radius 1 is 0.923 bits per heavy atom. The van der Waals surface area contributed by atoms with Gasteiger partial charge in [-0.1, -0.05) is 36.4 Å². The smallest absolute Gasteiger partial charge is 0.243 e. The molecule has 2 heterocycles. The van der Waals surface area contributed by atoms with E-state index in [9.17, 15) is 10.0 Å². The SMILES string of the molecule is CC(=O)N(O)C(C)(c1coc2ccccc12)c1coc2ccccc12.N. The molecule has 0 aliphatic carbocycles. The number of carbonyl (C=O) groups excluding carboxylic acids is 1. The summed E-state index contributed by atoms with van der Waals surface area (Å²) in [6.07, 6.45) is 3.16. The zero-order valence-electron chi connectivity index (χ0n) is 14.6. The number of amides is 1. The summed E-state index contributed by atoms with van der Waals surface area (Å²) in [5.41, 5.74) is 1.59. The maximum absolute atomic E-state index is 12.1. The molecule has 2 aromatic carbocycles. The topological polar surface area (TPSA) is 102 Å². The summed E-state index contributed by atoms with van der Waals surface area (Å²) in [6.45, 7) is 3.10. The van der Waals surface area contributed by atoms with Gasteiger partial charge < -0.3 is 15.0 Å². The van der Waals surface area contributed by atoms with E-state index in [1.165, 1.54) is 6.92 Å². The molecule has 6 nitrogen and oxygen atoms in total. The van der Waals surface area contributed by atoms with Crippen LogP contribution >= 0.6 is 0 Å². The lowest BCUT2D eigenvalue weighted by Gasteiger charge is -2.35. The van der Waals surface area contributed by atoms with Gasteiger partial charge in [-0.25, -0.2) is 5.06 Å². The predicted molar refractivity (Wildman–Crippen MR) is 98.2 cm³/mol. The van der Waals surface area contributed by atoms with Gasteiger partial charge in [0.15, 0.2) is 0 Å². The van der Waals surface area contributed by atoms with Crippen molar-refractivity contribution in [2.24, 2.45) is 0 Å². The van der Waals surface area contributed by atoms with Gasteiger partial charge in [0.2, 0.25) is 5.91 Å². The molecule has 0 saturated carbocycles. The molecule has 2 aromatic heterocycles. The van der Waals surface area contributed by atoms with Crippen molar-refractivity contribution < 1.29 is 18.8 Å². The van der Waals surface area contributed by atoms with Crippen LogP contribution in [0.25, 0.3) is 21.9 Å². The number of fused-ring (bicyclic) bond motifs is 2. The normalized spacial score (nSPS) is 11.5. The highest BCUT2D eigenvalue weighted by molar-refractivity contribution is 5.88. The first kappa shape index (κ1) is 17.7. The molecule has 4 aromatic rings. The summed E-state index contributed by atoms with van der Waals surface area (Å²) in [5, 5.41) is 13.1. The van der Waals surface area contributed by atoms with E-state index in [0.29, 0.717) is 22.3 Å². The van der Waals surface area contributed by atoms with E-state index in [1.807, 2.05) is 48.5 Å². The Bertz CT molecular complexity index is 1010. The van der Waals surface area contributed by atoms with Crippen LogP contribution in [0.3, 0.4) is 0 Å². The fraction of sp³-hybridized carbons (Fsp3) is 0.150. The largest absolute Gasteiger partial charge is 0.464 e. The van der Waals surface area contributed by atoms with Crippen molar-refractivity contribution in [2.45, 2.75) is 19.4 Å². The fourth-order valence-corrected chi connectivity index (χ4v) is 3.40. The summed E-state index contributed by atoms with van der Waals surface area (Å²) in [7, 11) is 0. The van der Waals surface area contributed by atoms with Crippen LogP contribution in [0, 0.1) is 0 Å². The highest BCUT2D eigenvalue weighted by atomic mass is 16.5. The Morgan fingerprint density at radius 2 is 1.35 bits per heavy atom. The number of hydrogen-bond donors (Lipinski definition) is 2. The van der Waals surface area contributed by atoms with Crippen molar-refractivity contribution in [3.63, 3.8) is 0 Å². The number of para-hydroxylation sites is 2. The van der Waals surface area contributed by atoms with Crippen LogP contribution in [0.1, 0.15) is 25.0 Å². The number of furan rings is 2. The molecule has 6 heteroatoms. The minimum atomic E-state index is -1.16. The van der Waals surface area contributed by atoms with Crippen LogP contribution in [0.4, 0.5) is 0 Å². The van der Waals surface area contributed by atoms with Crippen molar-refractivity contribution in [3.8, 4) is 0 Å². The average molecular weight is 352 g/mol. The third-order valence-corrected chi connectivity index (χ3v) is 4.73. The van der Waals surface area contributed by atoms with Crippen LogP contribution in [-0.4, -0.2) is 16.2 Å². The number of hydrogen-bond acceptors (Lipinski definition) is 5. The molecule has 0 fully saturated rings. The zero-order valence-corrected chi connectivity index (χ0v) is 14.6. The first-order valence-corrected chi connectivity index (χ1v) is 7.96. The van der Waals surface area contributed by atoms with Gasteiger partial charge in [-0.05, 0) is 19.1 Å². The zero-order chi connectivity index (χ0) is 17.6. The maximum Gasteiger partial charge on any atom is 0.243 e. The van der Waals surface area contributed by atoms with E-state index in [4.69, 9.17) is 8.83 Å². The molecule has 0 aliphatic heterocycles. The number of benzene rings is 2. The second-order valence-electron chi connectivity index (χ2n) is 6.19. The monoisotopic (exact) mass is 352 g/mol. The molecule has 4 rings (SSSR count). The van der Waals surface area contributed by atoms with Crippen LogP contribution in [0.2, 0.25) is 0 Å². The second kappa shape index (κ2) is 6.33. The summed E-state index contributed by atoms with van der Waals surface area (Å²) in [4.78, 5) is 12.1. The molecule has 0 saturated heterocycles. The summed E-state index contributed by atoms with van der Waals surface area (Å²) >= 11 is 0. The van der Waals surface area contributed by atoms with Crippen molar-refractivity contribution in [2.75, 3.05) is 0 Å². The van der Waals surface area contributed by atoms with Gasteiger partial charge in [0.05, 0.1) is 12.5 Å². The highest BCUT2D eigenvalue weighted by Crippen LogP contribution is 2.43. The van der Waals surface area contributed by atoms with Gasteiger partial charge in [-0.15, -0.1) is 0 Å². The Kier molecular flexibility index (Phi) is 4.31. The maximum atomic E-state index is 12.1. The number of hydroxylamine groups is 2. The Balaban J connectivity index is 0.00000196. The number of rotatable bonds is 3. The van der Waals surface area contributed by atoms with Crippen LogP contribution < -0.4 is 6.15 Å². The Morgan fingerprint density at radius 3 is 1.77 bits per heavy atom. The van der Waals surface area contributed by atoms with Gasteiger partial charge in [-0.3, -0.25) is 10.0 Å². The van der Waals surface area contributed by atoms with Crippen molar-refractivity contribution in [3.05, 3.63) is 72.2 Å². The van der Waals surface area contributed by atoms with Crippen LogP contribution in [0.5, 0.6) is 0 Å². The van der Waals surface area contributed by atoms with E-state index in [-0.39, 0.29) is 6.15 Å². The molecule has 0 radical (unpaired) electrons. The molecular formula is C20H20N2O4. The Hall–Kier alpha value is -3.09. The molecule has 1 amide bonds. The Labute approximate surface area is 150 Å². The lowest BCUT2D eigenvalue weighted by Crippen LogP contribution is -2.45. The van der Waals surface area contributed by atoms with Crippen LogP contribution in [-0.2, 0) is 10.3 Å². The third-order valence-electron chi connectivity index (χ3n) is 4.73. The van der Waals surface area contributed by atoms with E-state index >= 15 is 0 Å². The van der Waals surface area contributed by atoms with Gasteiger partial charge in [0, 0.05) is 28.8 Å². The molecule has 26 heavy (non-hydrogen) atoms. The number of carbonyl (C=O) groups is 1. The molecule has 0 aliphatic rings. The second-order valence-corrected chi connectivity index (χ2v) is 6.19. The van der Waals surface area contributed by atoms with Gasteiger partial charge in [-0.2, -0.15) is 0 Å². The first-order valence-electron chi connectivity index (χ1n) is 7.96. The van der Waals surface area contributed by atoms with Crippen molar-refractivity contribution in [1.82, 2.24) is 11.2 Å². The molecule has 4 N–H and O–H groups in total. The fourth-order valence-electron chi connectivity index (χ4n) is 3.40. The molecule has 0 atom stereocenters. The summed E-state index contributed by atoms with van der Waals surface area (Å²) < 4.78 is 11.3. The molecule has 0 bridgehead atoms. The van der Waals surface area contributed by atoms with E-state index in [0.717, 1.165) is 15.8 Å². The standard InChI is InChI=1S/C20H17NO4.H3N/c1-13(22)21(23)20(2,16-11-24-18-9-5-3-7-14(16)18)17-12-25-19-10-6-4-8-15(17)19;/h3-12,23H,1-2H3;1H3. The quantitative estimate of drug-likeness (QED) is 0.406. The summed E-state index contributed by atoms with van der Waals surface area (Å²) in [5.74, 6) is -0.474. The van der Waals surface area contributed by atoms with Gasteiger partial charge in [0.1, 0.15) is 16.7 Å². The van der Waals surface area contributed by atoms with E-state index < -0.39 is 11.4 Å². The lowest BCUT2D eigenvalue weighted by atomic mass is 9.83. The van der Waals surface area contributed by atoms with Crippen LogP contribution in [0.15, 0.2) is 69.9 Å². The minimum absolute atomic E-state index is 0. The minimum Gasteiger partial charge on any atom is -0.464 e. The number of nitrogens with zero attached hydrogens (tertiary/aromatic N) is 1. The summed E-state index contributed by atoms with van der Waals surface area (Å²) in [6, 6.07) is 15.1. The van der Waals surface area contributed by atoms with Crippen molar-refractivity contribution >= 4 is 27.8 Å². The van der Waals surface area contributed by atoms with Gasteiger partial charge >= 0.3 is 0 Å². The molecule has 0 unspecified atom stereocenters. The predicted octanol–water partition coefficient (Wildman–Crippen LogP) is 4.84. The molecule has 134 valence electrons. The highest BCUT2D eigenvalue weighted by Gasteiger charge is 2.42. The van der Waals surface area contributed by atoms with E-state index in [1.54, 1.807) is 19.5 Å². The first-order chi connectivity index (χ1) is 12.0. The molecular weight excluding hydrogens is 332 g/mol. The third kappa shape index (κ3) is 2.39. The van der Waals surface area contributed by atoms with Crippen molar-refractivity contribution in [1.29, 1.82) is 0 Å². The molecule has 0 spiro atoms. The average Bonchev–Trinajstić information content (AvgIpc) is 3.25. The lowest BCUT2D eigenvalue weighted by molar-refractivity contribution is -0.184. The van der Waals surface area contributed by atoms with Gasteiger partial charge in [0.25, 0.3) is 0 Å². The van der Waals surface area contributed by atoms with E-state index in [2.05, 4.69) is 0 Å².